The molecule has 0 saturated heterocycles. The zero-order chi connectivity index (χ0) is 22.1. The van der Waals surface area contributed by atoms with Crippen molar-refractivity contribution in [3.8, 4) is 0 Å². The lowest BCUT2D eigenvalue weighted by atomic mass is 10.1. The zero-order valence-electron chi connectivity index (χ0n) is 17.2. The highest BCUT2D eigenvalue weighted by atomic mass is 19.1. The van der Waals surface area contributed by atoms with E-state index in [1.54, 1.807) is 29.1 Å². The van der Waals surface area contributed by atoms with Crippen LogP contribution < -0.4 is 5.32 Å². The molecule has 3 aromatic rings. The van der Waals surface area contributed by atoms with Crippen LogP contribution in [0.2, 0.25) is 0 Å². The van der Waals surface area contributed by atoms with E-state index >= 15 is 0 Å². The van der Waals surface area contributed by atoms with Crippen molar-refractivity contribution in [2.45, 2.75) is 26.0 Å². The Morgan fingerprint density at radius 1 is 1.13 bits per heavy atom. The molecule has 1 heterocycles. The summed E-state index contributed by atoms with van der Waals surface area (Å²) in [6.07, 6.45) is 5.97. The van der Waals surface area contributed by atoms with E-state index in [2.05, 4.69) is 10.4 Å². The number of ether oxygens (including phenoxy) is 1. The van der Waals surface area contributed by atoms with E-state index < -0.39 is 12.1 Å². The fraction of sp³-hybridized carbons (Fsp3) is 0.208. The average molecular weight is 421 g/mol. The van der Waals surface area contributed by atoms with Crippen molar-refractivity contribution in [1.82, 2.24) is 15.1 Å². The summed E-state index contributed by atoms with van der Waals surface area (Å²) in [6, 6.07) is 16.0. The largest absolute Gasteiger partial charge is 0.449 e. The molecule has 0 unspecified atom stereocenters. The van der Waals surface area contributed by atoms with Crippen LogP contribution in [0.5, 0.6) is 0 Å². The lowest BCUT2D eigenvalue weighted by Crippen LogP contribution is -2.36. The minimum Gasteiger partial charge on any atom is -0.449 e. The van der Waals surface area contributed by atoms with Gasteiger partial charge in [-0.1, -0.05) is 42.5 Å². The van der Waals surface area contributed by atoms with Gasteiger partial charge in [-0.05, 0) is 42.7 Å². The number of nitrogens with zero attached hydrogens (tertiary/aromatic N) is 2. The molecule has 1 amide bonds. The van der Waals surface area contributed by atoms with E-state index in [4.69, 9.17) is 4.74 Å². The third-order valence-corrected chi connectivity index (χ3v) is 4.54. The van der Waals surface area contributed by atoms with Crippen LogP contribution in [0.4, 0.5) is 4.39 Å². The second-order valence-electron chi connectivity index (χ2n) is 7.04. The fourth-order valence-corrected chi connectivity index (χ4v) is 2.88. The van der Waals surface area contributed by atoms with Crippen molar-refractivity contribution >= 4 is 18.0 Å². The molecule has 31 heavy (non-hydrogen) atoms. The average Bonchev–Trinajstić information content (AvgIpc) is 3.21. The number of benzene rings is 2. The highest BCUT2D eigenvalue weighted by molar-refractivity contribution is 5.90. The monoisotopic (exact) mass is 421 g/mol. The summed E-state index contributed by atoms with van der Waals surface area (Å²) in [4.78, 5) is 24.1. The van der Waals surface area contributed by atoms with Gasteiger partial charge in [-0.2, -0.15) is 5.10 Å². The van der Waals surface area contributed by atoms with Crippen LogP contribution in [-0.4, -0.2) is 34.3 Å². The molecular formula is C24H24FN3O3. The summed E-state index contributed by atoms with van der Waals surface area (Å²) >= 11 is 0. The molecule has 1 atom stereocenters. The molecule has 7 heteroatoms. The predicted molar refractivity (Wildman–Crippen MR) is 115 cm³/mol. The first-order chi connectivity index (χ1) is 15.0. The molecule has 0 spiro atoms. The summed E-state index contributed by atoms with van der Waals surface area (Å²) in [5.74, 6) is -1.30. The molecule has 1 N–H and O–H groups in total. The number of esters is 1. The molecule has 0 aliphatic heterocycles. The van der Waals surface area contributed by atoms with E-state index in [-0.39, 0.29) is 11.7 Å². The number of rotatable bonds is 9. The van der Waals surface area contributed by atoms with Crippen molar-refractivity contribution in [3.63, 3.8) is 0 Å². The first-order valence-corrected chi connectivity index (χ1v) is 9.97. The third kappa shape index (κ3) is 7.22. The Balaban J connectivity index is 1.41. The SMILES string of the molecule is C[C@H](OC(=O)/C=C/c1cnn(Cc2ccccc2)c1)C(=O)NCCc1ccc(F)cc1. The van der Waals surface area contributed by atoms with Gasteiger partial charge in [-0.15, -0.1) is 0 Å². The van der Waals surface area contributed by atoms with Crippen molar-refractivity contribution in [3.05, 3.63) is 95.6 Å². The Kier molecular flexibility index (Phi) is 7.70. The first-order valence-electron chi connectivity index (χ1n) is 9.97. The summed E-state index contributed by atoms with van der Waals surface area (Å²) < 4.78 is 19.8. The van der Waals surface area contributed by atoms with E-state index in [1.807, 2.05) is 36.5 Å². The van der Waals surface area contributed by atoms with Gasteiger partial charge in [0.2, 0.25) is 0 Å². The van der Waals surface area contributed by atoms with E-state index in [0.717, 1.165) is 16.7 Å². The molecular weight excluding hydrogens is 397 g/mol. The van der Waals surface area contributed by atoms with Gasteiger partial charge in [-0.3, -0.25) is 9.48 Å². The Labute approximate surface area is 180 Å². The van der Waals surface area contributed by atoms with Gasteiger partial charge >= 0.3 is 5.97 Å². The van der Waals surface area contributed by atoms with Crippen molar-refractivity contribution in [2.24, 2.45) is 0 Å². The normalized spacial score (nSPS) is 11.9. The van der Waals surface area contributed by atoms with Gasteiger partial charge < -0.3 is 10.1 Å². The standard InChI is InChI=1S/C24H24FN3O3/c1-18(24(30)26-14-13-19-7-10-22(25)11-8-19)31-23(29)12-9-21-15-27-28(17-21)16-20-5-3-2-4-6-20/h2-12,15,17-18H,13-14,16H2,1H3,(H,26,30)/b12-9+/t18-/m0/s1. The highest BCUT2D eigenvalue weighted by Gasteiger charge is 2.15. The Morgan fingerprint density at radius 3 is 2.61 bits per heavy atom. The summed E-state index contributed by atoms with van der Waals surface area (Å²) in [6.45, 7) is 2.51. The lowest BCUT2D eigenvalue weighted by molar-refractivity contribution is -0.150. The smallest absolute Gasteiger partial charge is 0.331 e. The maximum Gasteiger partial charge on any atom is 0.331 e. The molecule has 1 aromatic heterocycles. The van der Waals surface area contributed by atoms with Gasteiger partial charge in [0.15, 0.2) is 6.10 Å². The van der Waals surface area contributed by atoms with E-state index in [1.165, 1.54) is 25.1 Å². The quantitative estimate of drug-likeness (QED) is 0.425. The van der Waals surface area contributed by atoms with Gasteiger partial charge in [0, 0.05) is 24.4 Å². The zero-order valence-corrected chi connectivity index (χ0v) is 17.2. The van der Waals surface area contributed by atoms with Crippen LogP contribution >= 0.6 is 0 Å². The topological polar surface area (TPSA) is 73.2 Å². The van der Waals surface area contributed by atoms with E-state index in [0.29, 0.717) is 19.5 Å². The van der Waals surface area contributed by atoms with Gasteiger partial charge in [-0.25, -0.2) is 9.18 Å². The summed E-state index contributed by atoms with van der Waals surface area (Å²) in [5.41, 5.74) is 2.78. The second-order valence-corrected chi connectivity index (χ2v) is 7.04. The fourth-order valence-electron chi connectivity index (χ4n) is 2.88. The van der Waals surface area contributed by atoms with Crippen LogP contribution in [0, 0.1) is 5.82 Å². The minimum atomic E-state index is -0.925. The molecule has 0 radical (unpaired) electrons. The molecule has 0 saturated carbocycles. The number of hydrogen-bond donors (Lipinski definition) is 1. The maximum absolute atomic E-state index is 12.9. The molecule has 6 nitrogen and oxygen atoms in total. The van der Waals surface area contributed by atoms with Crippen LogP contribution in [-0.2, 0) is 27.3 Å². The number of aromatic nitrogens is 2. The first kappa shape index (κ1) is 22.0. The molecule has 0 fully saturated rings. The number of nitrogens with one attached hydrogen (secondary N) is 1. The highest BCUT2D eigenvalue weighted by Crippen LogP contribution is 2.06. The summed E-state index contributed by atoms with van der Waals surface area (Å²) in [7, 11) is 0. The second kappa shape index (κ2) is 10.9. The number of hydrogen-bond acceptors (Lipinski definition) is 4. The lowest BCUT2D eigenvalue weighted by Gasteiger charge is -2.12. The number of carbonyl (C=O) groups is 2. The Morgan fingerprint density at radius 2 is 1.87 bits per heavy atom. The predicted octanol–water partition coefficient (Wildman–Crippen LogP) is 3.37. The maximum atomic E-state index is 12.9. The van der Waals surface area contributed by atoms with Crippen molar-refractivity contribution in [2.75, 3.05) is 6.54 Å². The molecule has 0 aliphatic rings. The van der Waals surface area contributed by atoms with Crippen LogP contribution in [0.15, 0.2) is 73.1 Å². The number of halogens is 1. The van der Waals surface area contributed by atoms with Gasteiger partial charge in [0.05, 0.1) is 12.7 Å². The van der Waals surface area contributed by atoms with E-state index in [9.17, 15) is 14.0 Å². The van der Waals surface area contributed by atoms with Gasteiger partial charge in [0.1, 0.15) is 5.82 Å². The van der Waals surface area contributed by atoms with Crippen LogP contribution in [0.25, 0.3) is 6.08 Å². The molecule has 160 valence electrons. The van der Waals surface area contributed by atoms with Crippen LogP contribution in [0.1, 0.15) is 23.6 Å². The minimum absolute atomic E-state index is 0.301. The van der Waals surface area contributed by atoms with Crippen LogP contribution in [0.3, 0.4) is 0 Å². The number of carbonyl (C=O) groups excluding carboxylic acids is 2. The van der Waals surface area contributed by atoms with Crippen molar-refractivity contribution in [1.29, 1.82) is 0 Å². The molecule has 3 rings (SSSR count). The summed E-state index contributed by atoms with van der Waals surface area (Å²) in [5, 5.41) is 6.97. The Bertz CT molecular complexity index is 1030. The van der Waals surface area contributed by atoms with Crippen molar-refractivity contribution < 1.29 is 18.7 Å². The van der Waals surface area contributed by atoms with Gasteiger partial charge in [0.25, 0.3) is 5.91 Å². The molecule has 2 aromatic carbocycles. The molecule has 0 bridgehead atoms. The number of amides is 1. The Hall–Kier alpha value is -3.74. The molecule has 0 aliphatic carbocycles. The third-order valence-electron chi connectivity index (χ3n) is 4.54.